The summed E-state index contributed by atoms with van der Waals surface area (Å²) in [7, 11) is 0. The summed E-state index contributed by atoms with van der Waals surface area (Å²) in [6.07, 6.45) is 3.93. The summed E-state index contributed by atoms with van der Waals surface area (Å²) >= 11 is 0. The van der Waals surface area contributed by atoms with Crippen LogP contribution >= 0.6 is 0 Å². The first kappa shape index (κ1) is 14.3. The van der Waals surface area contributed by atoms with Gasteiger partial charge in [0.2, 0.25) is 11.8 Å². The molecule has 0 aliphatic carbocycles. The maximum absolute atomic E-state index is 12.2. The Bertz CT molecular complexity index is 342. The number of nitrogens with two attached hydrogens (primary N) is 1. The van der Waals surface area contributed by atoms with E-state index in [1.807, 2.05) is 4.90 Å². The van der Waals surface area contributed by atoms with Gasteiger partial charge in [-0.1, -0.05) is 13.3 Å². The zero-order chi connectivity index (χ0) is 13.8. The highest BCUT2D eigenvalue weighted by Gasteiger charge is 2.35. The van der Waals surface area contributed by atoms with Gasteiger partial charge in [0.25, 0.3) is 0 Å². The van der Waals surface area contributed by atoms with Gasteiger partial charge in [0.15, 0.2) is 0 Å². The highest BCUT2D eigenvalue weighted by molar-refractivity contribution is 5.78. The molecule has 0 aromatic carbocycles. The minimum absolute atomic E-state index is 0.162. The molecule has 0 aromatic rings. The maximum atomic E-state index is 12.2. The average molecular weight is 267 g/mol. The fraction of sp³-hybridized carbons (Fsp3) is 0.857. The van der Waals surface area contributed by atoms with E-state index < -0.39 is 0 Å². The van der Waals surface area contributed by atoms with Crippen LogP contribution < -0.4 is 11.1 Å². The van der Waals surface area contributed by atoms with Crippen molar-refractivity contribution in [3.8, 4) is 0 Å². The van der Waals surface area contributed by atoms with Gasteiger partial charge in [-0.25, -0.2) is 0 Å². The first-order valence-electron chi connectivity index (χ1n) is 7.41. The number of amides is 2. The lowest BCUT2D eigenvalue weighted by molar-refractivity contribution is -0.135. The molecule has 5 nitrogen and oxygen atoms in total. The van der Waals surface area contributed by atoms with Crippen molar-refractivity contribution in [2.24, 2.45) is 17.6 Å². The SMILES string of the molecule is CCC(CN)CC(=O)N1CCC2NC(=O)CCC2C1. The molecule has 5 heteroatoms. The second kappa shape index (κ2) is 6.37. The molecule has 2 aliphatic rings. The molecule has 2 fully saturated rings. The molecule has 2 amide bonds. The Morgan fingerprint density at radius 2 is 2.32 bits per heavy atom. The van der Waals surface area contributed by atoms with E-state index in [9.17, 15) is 9.59 Å². The molecule has 0 spiro atoms. The average Bonchev–Trinajstić information content (AvgIpc) is 2.43. The molecule has 0 saturated carbocycles. The van der Waals surface area contributed by atoms with Gasteiger partial charge >= 0.3 is 0 Å². The maximum Gasteiger partial charge on any atom is 0.222 e. The van der Waals surface area contributed by atoms with Gasteiger partial charge in [0, 0.05) is 32.0 Å². The van der Waals surface area contributed by atoms with Crippen LogP contribution in [-0.4, -0.2) is 42.4 Å². The van der Waals surface area contributed by atoms with E-state index >= 15 is 0 Å². The molecule has 3 atom stereocenters. The number of hydrogen-bond donors (Lipinski definition) is 2. The highest BCUT2D eigenvalue weighted by Crippen LogP contribution is 2.26. The summed E-state index contributed by atoms with van der Waals surface area (Å²) in [5.74, 6) is 1.13. The Morgan fingerprint density at radius 1 is 1.53 bits per heavy atom. The standard InChI is InChI=1S/C14H25N3O2/c1-2-10(8-15)7-14(19)17-6-5-12-11(9-17)3-4-13(18)16-12/h10-12H,2-9,15H2,1H3,(H,16,18). The van der Waals surface area contributed by atoms with Crippen LogP contribution in [0.2, 0.25) is 0 Å². The predicted molar refractivity (Wildman–Crippen MR) is 73.3 cm³/mol. The van der Waals surface area contributed by atoms with Crippen LogP contribution in [0.1, 0.15) is 39.0 Å². The molecule has 3 unspecified atom stereocenters. The lowest BCUT2D eigenvalue weighted by Crippen LogP contribution is -2.55. The van der Waals surface area contributed by atoms with E-state index in [2.05, 4.69) is 12.2 Å². The topological polar surface area (TPSA) is 75.4 Å². The second-order valence-corrected chi connectivity index (χ2v) is 5.82. The Balaban J connectivity index is 1.86. The Hall–Kier alpha value is -1.10. The number of carbonyl (C=O) groups excluding carboxylic acids is 2. The second-order valence-electron chi connectivity index (χ2n) is 5.82. The Morgan fingerprint density at radius 3 is 3.00 bits per heavy atom. The molecular formula is C14H25N3O2. The van der Waals surface area contributed by atoms with Gasteiger partial charge in [-0.15, -0.1) is 0 Å². The summed E-state index contributed by atoms with van der Waals surface area (Å²) in [6.45, 7) is 4.22. The lowest BCUT2D eigenvalue weighted by Gasteiger charge is -2.41. The fourth-order valence-electron chi connectivity index (χ4n) is 3.11. The third-order valence-electron chi connectivity index (χ3n) is 4.55. The minimum atomic E-state index is 0.162. The van der Waals surface area contributed by atoms with Crippen LogP contribution in [0, 0.1) is 11.8 Å². The number of likely N-dealkylation sites (tertiary alicyclic amines) is 1. The van der Waals surface area contributed by atoms with Crippen molar-refractivity contribution in [1.29, 1.82) is 0 Å². The molecule has 0 bridgehead atoms. The molecule has 108 valence electrons. The summed E-state index contributed by atoms with van der Waals surface area (Å²) < 4.78 is 0. The highest BCUT2D eigenvalue weighted by atomic mass is 16.2. The molecule has 2 rings (SSSR count). The van der Waals surface area contributed by atoms with E-state index in [0.717, 1.165) is 32.4 Å². The zero-order valence-electron chi connectivity index (χ0n) is 11.7. The Labute approximate surface area is 114 Å². The summed E-state index contributed by atoms with van der Waals surface area (Å²) in [6, 6.07) is 0.279. The monoisotopic (exact) mass is 267 g/mol. The number of fused-ring (bicyclic) bond motifs is 1. The number of hydrogen-bond acceptors (Lipinski definition) is 3. The van der Waals surface area contributed by atoms with Crippen LogP contribution in [0.3, 0.4) is 0 Å². The van der Waals surface area contributed by atoms with E-state index in [1.165, 1.54) is 0 Å². The molecule has 2 saturated heterocycles. The molecule has 3 N–H and O–H groups in total. The van der Waals surface area contributed by atoms with Gasteiger partial charge in [-0.2, -0.15) is 0 Å². The van der Waals surface area contributed by atoms with Crippen molar-refractivity contribution in [1.82, 2.24) is 10.2 Å². The summed E-state index contributed by atoms with van der Waals surface area (Å²) in [5, 5.41) is 3.04. The normalized spacial score (nSPS) is 28.5. The molecule has 2 aliphatic heterocycles. The van der Waals surface area contributed by atoms with Gasteiger partial charge < -0.3 is 16.0 Å². The quantitative estimate of drug-likeness (QED) is 0.778. The van der Waals surface area contributed by atoms with Gasteiger partial charge in [-0.3, -0.25) is 9.59 Å². The number of carbonyl (C=O) groups is 2. The third kappa shape index (κ3) is 3.47. The van der Waals surface area contributed by atoms with Crippen molar-refractivity contribution < 1.29 is 9.59 Å². The molecule has 0 radical (unpaired) electrons. The number of nitrogens with one attached hydrogen (secondary N) is 1. The summed E-state index contributed by atoms with van der Waals surface area (Å²) in [5.41, 5.74) is 5.66. The molecule has 19 heavy (non-hydrogen) atoms. The largest absolute Gasteiger partial charge is 0.353 e. The first-order valence-corrected chi connectivity index (χ1v) is 7.41. The Kier molecular flexibility index (Phi) is 4.80. The summed E-state index contributed by atoms with van der Waals surface area (Å²) in [4.78, 5) is 25.6. The van der Waals surface area contributed by atoms with E-state index in [4.69, 9.17) is 5.73 Å². The molecule has 0 aromatic heterocycles. The third-order valence-corrected chi connectivity index (χ3v) is 4.55. The van der Waals surface area contributed by atoms with Crippen LogP contribution in [0.5, 0.6) is 0 Å². The van der Waals surface area contributed by atoms with Crippen molar-refractivity contribution in [2.75, 3.05) is 19.6 Å². The van der Waals surface area contributed by atoms with Gasteiger partial charge in [-0.05, 0) is 31.2 Å². The zero-order valence-corrected chi connectivity index (χ0v) is 11.7. The van der Waals surface area contributed by atoms with Crippen LogP contribution in [0.15, 0.2) is 0 Å². The van der Waals surface area contributed by atoms with Crippen LogP contribution in [0.25, 0.3) is 0 Å². The van der Waals surface area contributed by atoms with E-state index in [0.29, 0.717) is 31.2 Å². The van der Waals surface area contributed by atoms with Gasteiger partial charge in [0.1, 0.15) is 0 Å². The molecule has 2 heterocycles. The van der Waals surface area contributed by atoms with Crippen LogP contribution in [0.4, 0.5) is 0 Å². The van der Waals surface area contributed by atoms with Crippen LogP contribution in [-0.2, 0) is 9.59 Å². The van der Waals surface area contributed by atoms with Crippen molar-refractivity contribution >= 4 is 11.8 Å². The minimum Gasteiger partial charge on any atom is -0.353 e. The number of nitrogens with zero attached hydrogens (tertiary/aromatic N) is 1. The van der Waals surface area contributed by atoms with Gasteiger partial charge in [0.05, 0.1) is 0 Å². The van der Waals surface area contributed by atoms with Crippen molar-refractivity contribution in [3.05, 3.63) is 0 Å². The lowest BCUT2D eigenvalue weighted by atomic mass is 9.85. The predicted octanol–water partition coefficient (Wildman–Crippen LogP) is 0.489. The van der Waals surface area contributed by atoms with Crippen molar-refractivity contribution in [3.63, 3.8) is 0 Å². The molecular weight excluding hydrogens is 242 g/mol. The fourth-order valence-corrected chi connectivity index (χ4v) is 3.11. The number of piperidine rings is 2. The smallest absolute Gasteiger partial charge is 0.222 e. The van der Waals surface area contributed by atoms with E-state index in [1.54, 1.807) is 0 Å². The van der Waals surface area contributed by atoms with Crippen molar-refractivity contribution in [2.45, 2.75) is 45.1 Å². The van der Waals surface area contributed by atoms with E-state index in [-0.39, 0.29) is 17.9 Å². The number of rotatable bonds is 4. The first-order chi connectivity index (χ1) is 9.13.